The van der Waals surface area contributed by atoms with Crippen LogP contribution in [0.2, 0.25) is 0 Å². The van der Waals surface area contributed by atoms with Crippen LogP contribution in [0.25, 0.3) is 0 Å². The smallest absolute Gasteiger partial charge is 0.131 e. The molecule has 1 heterocycles. The summed E-state index contributed by atoms with van der Waals surface area (Å²) in [4.78, 5) is 8.32. The van der Waals surface area contributed by atoms with Gasteiger partial charge < -0.3 is 5.32 Å². The van der Waals surface area contributed by atoms with Gasteiger partial charge in [0.15, 0.2) is 0 Å². The van der Waals surface area contributed by atoms with Gasteiger partial charge >= 0.3 is 0 Å². The van der Waals surface area contributed by atoms with Gasteiger partial charge in [0.25, 0.3) is 0 Å². The molecule has 0 aliphatic heterocycles. The number of nitrogens with zero attached hydrogens (tertiary/aromatic N) is 2. The van der Waals surface area contributed by atoms with Crippen molar-refractivity contribution in [3.8, 4) is 0 Å². The van der Waals surface area contributed by atoms with Crippen LogP contribution in [0.1, 0.15) is 11.4 Å². The Bertz CT molecular complexity index is 555. The average molecular weight is 375 g/mol. The summed E-state index contributed by atoms with van der Waals surface area (Å²) in [5.74, 6) is 1.07. The molecule has 0 atom stereocenters. The predicted molar refractivity (Wildman–Crippen MR) is 75.9 cm³/mol. The predicted octanol–water partition coefficient (Wildman–Crippen LogP) is 4.06. The van der Waals surface area contributed by atoms with E-state index in [1.165, 1.54) is 6.07 Å². The first-order chi connectivity index (χ1) is 8.54. The molecule has 1 aromatic heterocycles. The fraction of sp³-hybridized carbons (Fsp3) is 0.167. The molecule has 0 aliphatic rings. The van der Waals surface area contributed by atoms with Gasteiger partial charge in [-0.05, 0) is 41.1 Å². The normalized spacial score (nSPS) is 10.4. The van der Waals surface area contributed by atoms with E-state index in [-0.39, 0.29) is 5.82 Å². The number of hydrogen-bond donors (Lipinski definition) is 1. The molecule has 94 valence electrons. The van der Waals surface area contributed by atoms with E-state index in [0.29, 0.717) is 28.4 Å². The van der Waals surface area contributed by atoms with Gasteiger partial charge in [-0.15, -0.1) is 0 Å². The average Bonchev–Trinajstić information content (AvgIpc) is 2.29. The lowest BCUT2D eigenvalue weighted by Crippen LogP contribution is -2.04. The molecule has 0 aliphatic carbocycles. The van der Waals surface area contributed by atoms with Crippen molar-refractivity contribution in [1.82, 2.24) is 9.97 Å². The Morgan fingerprint density at radius 3 is 2.72 bits per heavy atom. The molecule has 0 saturated carbocycles. The van der Waals surface area contributed by atoms with Crippen LogP contribution in [0, 0.1) is 12.7 Å². The molecule has 0 radical (unpaired) electrons. The van der Waals surface area contributed by atoms with Crippen molar-refractivity contribution in [3.63, 3.8) is 0 Å². The SMILES string of the molecule is Cc1nc(Br)cc(NCc2cc(Br)ccc2F)n1. The van der Waals surface area contributed by atoms with Crippen molar-refractivity contribution in [2.45, 2.75) is 13.5 Å². The van der Waals surface area contributed by atoms with Gasteiger partial charge in [0, 0.05) is 22.6 Å². The summed E-state index contributed by atoms with van der Waals surface area (Å²) in [5, 5.41) is 3.07. The molecule has 2 rings (SSSR count). The van der Waals surface area contributed by atoms with E-state index in [0.717, 1.165) is 4.47 Å². The van der Waals surface area contributed by atoms with Gasteiger partial charge in [0.05, 0.1) is 0 Å². The third-order valence-electron chi connectivity index (χ3n) is 2.27. The van der Waals surface area contributed by atoms with E-state index in [4.69, 9.17) is 0 Å². The minimum Gasteiger partial charge on any atom is -0.366 e. The summed E-state index contributed by atoms with van der Waals surface area (Å²) in [5.41, 5.74) is 0.580. The second-order valence-electron chi connectivity index (χ2n) is 3.71. The molecule has 0 bridgehead atoms. The van der Waals surface area contributed by atoms with Gasteiger partial charge in [0.1, 0.15) is 22.1 Å². The Morgan fingerprint density at radius 2 is 2.00 bits per heavy atom. The van der Waals surface area contributed by atoms with Crippen LogP contribution in [0.5, 0.6) is 0 Å². The number of nitrogens with one attached hydrogen (secondary N) is 1. The highest BCUT2D eigenvalue weighted by Gasteiger charge is 2.04. The molecule has 18 heavy (non-hydrogen) atoms. The zero-order valence-electron chi connectivity index (χ0n) is 9.54. The Hall–Kier alpha value is -1.01. The minimum absolute atomic E-state index is 0.240. The topological polar surface area (TPSA) is 37.8 Å². The Morgan fingerprint density at radius 1 is 1.22 bits per heavy atom. The molecule has 2 aromatic rings. The van der Waals surface area contributed by atoms with E-state index in [2.05, 4.69) is 47.1 Å². The standard InChI is InChI=1S/C12H10Br2FN3/c1-7-17-11(14)5-12(18-7)16-6-8-4-9(13)2-3-10(8)15/h2-5H,6H2,1H3,(H,16,17,18). The molecule has 6 heteroatoms. The van der Waals surface area contributed by atoms with Crippen molar-refractivity contribution in [1.29, 1.82) is 0 Å². The molecule has 1 aromatic carbocycles. The lowest BCUT2D eigenvalue weighted by Gasteiger charge is -2.08. The van der Waals surface area contributed by atoms with Gasteiger partial charge in [-0.25, -0.2) is 14.4 Å². The number of aromatic nitrogens is 2. The number of hydrogen-bond acceptors (Lipinski definition) is 3. The number of aryl methyl sites for hydroxylation is 1. The van der Waals surface area contributed by atoms with Gasteiger partial charge in [0.2, 0.25) is 0 Å². The van der Waals surface area contributed by atoms with Crippen LogP contribution >= 0.6 is 31.9 Å². The summed E-state index contributed by atoms with van der Waals surface area (Å²) >= 11 is 6.61. The van der Waals surface area contributed by atoms with Crippen LogP contribution < -0.4 is 5.32 Å². The van der Waals surface area contributed by atoms with Gasteiger partial charge in [-0.2, -0.15) is 0 Å². The quantitative estimate of drug-likeness (QED) is 0.823. The van der Waals surface area contributed by atoms with Crippen molar-refractivity contribution in [2.75, 3.05) is 5.32 Å². The number of anilines is 1. The highest BCUT2D eigenvalue weighted by atomic mass is 79.9. The highest BCUT2D eigenvalue weighted by molar-refractivity contribution is 9.10. The maximum absolute atomic E-state index is 13.5. The second-order valence-corrected chi connectivity index (χ2v) is 5.44. The molecular formula is C12H10Br2FN3. The Kier molecular flexibility index (Phi) is 4.29. The summed E-state index contributed by atoms with van der Waals surface area (Å²) in [7, 11) is 0. The summed E-state index contributed by atoms with van der Waals surface area (Å²) in [6.45, 7) is 2.17. The van der Waals surface area contributed by atoms with Gasteiger partial charge in [-0.1, -0.05) is 15.9 Å². The maximum Gasteiger partial charge on any atom is 0.131 e. The van der Waals surface area contributed by atoms with E-state index in [1.807, 2.05) is 0 Å². The fourth-order valence-electron chi connectivity index (χ4n) is 1.49. The molecule has 0 fully saturated rings. The zero-order chi connectivity index (χ0) is 13.1. The van der Waals surface area contributed by atoms with Crippen LogP contribution in [0.3, 0.4) is 0 Å². The first-order valence-electron chi connectivity index (χ1n) is 5.23. The lowest BCUT2D eigenvalue weighted by molar-refractivity contribution is 0.612. The second kappa shape index (κ2) is 5.75. The Balaban J connectivity index is 2.13. The molecule has 0 unspecified atom stereocenters. The maximum atomic E-state index is 13.5. The van der Waals surface area contributed by atoms with E-state index >= 15 is 0 Å². The molecule has 1 N–H and O–H groups in total. The number of halogens is 3. The van der Waals surface area contributed by atoms with Crippen molar-refractivity contribution in [3.05, 3.63) is 50.5 Å². The van der Waals surface area contributed by atoms with Crippen molar-refractivity contribution in [2.24, 2.45) is 0 Å². The minimum atomic E-state index is -0.240. The number of rotatable bonds is 3. The first kappa shape index (κ1) is 13.4. The molecule has 0 amide bonds. The fourth-order valence-corrected chi connectivity index (χ4v) is 2.37. The largest absolute Gasteiger partial charge is 0.366 e. The summed E-state index contributed by atoms with van der Waals surface area (Å²) in [6, 6.07) is 6.60. The van der Waals surface area contributed by atoms with E-state index in [9.17, 15) is 4.39 Å². The third-order valence-corrected chi connectivity index (χ3v) is 3.17. The van der Waals surface area contributed by atoms with Crippen LogP contribution in [0.15, 0.2) is 33.3 Å². The summed E-state index contributed by atoms with van der Waals surface area (Å²) in [6.07, 6.45) is 0. The molecular weight excluding hydrogens is 365 g/mol. The third kappa shape index (κ3) is 3.49. The van der Waals surface area contributed by atoms with Crippen LogP contribution in [-0.2, 0) is 6.54 Å². The monoisotopic (exact) mass is 373 g/mol. The molecule has 3 nitrogen and oxygen atoms in total. The molecule has 0 spiro atoms. The zero-order valence-corrected chi connectivity index (χ0v) is 12.7. The Labute approximate surface area is 121 Å². The summed E-state index contributed by atoms with van der Waals surface area (Å²) < 4.78 is 15.1. The van der Waals surface area contributed by atoms with Crippen LogP contribution in [-0.4, -0.2) is 9.97 Å². The lowest BCUT2D eigenvalue weighted by atomic mass is 10.2. The van der Waals surface area contributed by atoms with Crippen molar-refractivity contribution < 1.29 is 4.39 Å². The highest BCUT2D eigenvalue weighted by Crippen LogP contribution is 2.17. The number of benzene rings is 1. The van der Waals surface area contributed by atoms with E-state index < -0.39 is 0 Å². The van der Waals surface area contributed by atoms with Crippen LogP contribution in [0.4, 0.5) is 10.2 Å². The first-order valence-corrected chi connectivity index (χ1v) is 6.82. The van der Waals surface area contributed by atoms with Gasteiger partial charge in [-0.3, -0.25) is 0 Å². The van der Waals surface area contributed by atoms with Crippen molar-refractivity contribution >= 4 is 37.7 Å². The molecule has 0 saturated heterocycles. The van der Waals surface area contributed by atoms with E-state index in [1.54, 1.807) is 25.1 Å².